The quantitative estimate of drug-likeness (QED) is 0.712. The molecule has 1 aliphatic rings. The maximum atomic E-state index is 11.5. The van der Waals surface area contributed by atoms with Gasteiger partial charge >= 0.3 is 0 Å². The van der Waals surface area contributed by atoms with Gasteiger partial charge in [-0.1, -0.05) is 18.2 Å². The number of benzene rings is 1. The lowest BCUT2D eigenvalue weighted by Gasteiger charge is -2.09. The van der Waals surface area contributed by atoms with Crippen molar-refractivity contribution in [1.82, 2.24) is 5.32 Å². The number of hydrogen-bond acceptors (Lipinski definition) is 4. The zero-order chi connectivity index (χ0) is 14.5. The number of aliphatic hydroxyl groups excluding tert-OH is 1. The van der Waals surface area contributed by atoms with Crippen LogP contribution in [0, 0.1) is 0 Å². The topological polar surface area (TPSA) is 104 Å². The highest BCUT2D eigenvalue weighted by Gasteiger charge is 2.26. The molecule has 1 unspecified atom stereocenters. The molecule has 0 saturated heterocycles. The summed E-state index contributed by atoms with van der Waals surface area (Å²) in [6, 6.07) is 7.70. The maximum absolute atomic E-state index is 11.5. The molecule has 0 saturated carbocycles. The summed E-state index contributed by atoms with van der Waals surface area (Å²) >= 11 is 0. The predicted molar refractivity (Wildman–Crippen MR) is 70.4 cm³/mol. The van der Waals surface area contributed by atoms with Crippen LogP contribution in [0.15, 0.2) is 24.3 Å². The molecular weight excluding hydrogens is 270 g/mol. The number of carbonyl (C=O) groups is 1. The van der Waals surface area contributed by atoms with E-state index in [2.05, 4.69) is 5.32 Å². The second-order valence-corrected chi connectivity index (χ2v) is 5.68. The van der Waals surface area contributed by atoms with Gasteiger partial charge in [-0.3, -0.25) is 9.35 Å². The Morgan fingerprint density at radius 2 is 1.89 bits per heavy atom. The van der Waals surface area contributed by atoms with Crippen molar-refractivity contribution in [3.63, 3.8) is 0 Å². The summed E-state index contributed by atoms with van der Waals surface area (Å²) in [6.45, 7) is 0.175. The van der Waals surface area contributed by atoms with Crippen LogP contribution < -0.4 is 5.32 Å². The monoisotopic (exact) mass is 287 g/mol. The molecule has 1 aliphatic heterocycles. The average Bonchev–Trinajstić information content (AvgIpc) is 2.62. The van der Waals surface area contributed by atoms with Gasteiger partial charge in [-0.2, -0.15) is 8.42 Å². The number of carbonyl (C=O) groups excluding carboxylic acids is 1. The number of fused-ring (bicyclic) bond motifs is 1. The third-order valence-corrected chi connectivity index (χ3v) is 2.54. The Hall–Kier alpha value is -1.44. The van der Waals surface area contributed by atoms with E-state index in [0.717, 1.165) is 24.0 Å². The molecule has 0 spiro atoms. The summed E-state index contributed by atoms with van der Waals surface area (Å²) in [6.07, 6.45) is 2.24. The van der Waals surface area contributed by atoms with Crippen molar-refractivity contribution >= 4 is 16.0 Å². The summed E-state index contributed by atoms with van der Waals surface area (Å²) in [5.74, 6) is 0.00328. The lowest BCUT2D eigenvalue weighted by Crippen LogP contribution is -2.19. The SMILES string of the molecule is CS(=O)(=O)O.O=C1NC(CCCO)c2ccccc21. The molecule has 2 rings (SSSR count). The molecular formula is C12H17NO5S. The van der Waals surface area contributed by atoms with E-state index in [9.17, 15) is 13.2 Å². The lowest BCUT2D eigenvalue weighted by atomic mass is 10.0. The second kappa shape index (κ2) is 6.65. The van der Waals surface area contributed by atoms with Gasteiger partial charge in [-0.25, -0.2) is 0 Å². The fourth-order valence-corrected chi connectivity index (χ4v) is 1.84. The summed E-state index contributed by atoms with van der Waals surface area (Å²) < 4.78 is 25.9. The second-order valence-electron chi connectivity index (χ2n) is 4.21. The molecule has 3 N–H and O–H groups in total. The van der Waals surface area contributed by atoms with Crippen molar-refractivity contribution in [2.24, 2.45) is 0 Å². The number of amides is 1. The summed E-state index contributed by atoms with van der Waals surface area (Å²) in [5, 5.41) is 11.6. The Morgan fingerprint density at radius 3 is 2.47 bits per heavy atom. The minimum absolute atomic E-state index is 0.00328. The molecule has 1 aromatic carbocycles. The van der Waals surface area contributed by atoms with E-state index in [1.54, 1.807) is 0 Å². The first-order chi connectivity index (χ1) is 8.83. The molecule has 6 nitrogen and oxygen atoms in total. The molecule has 1 atom stereocenters. The number of rotatable bonds is 3. The van der Waals surface area contributed by atoms with Gasteiger partial charge in [-0.05, 0) is 24.5 Å². The Balaban J connectivity index is 0.000000312. The van der Waals surface area contributed by atoms with Gasteiger partial charge in [-0.15, -0.1) is 0 Å². The van der Waals surface area contributed by atoms with E-state index in [4.69, 9.17) is 9.66 Å². The van der Waals surface area contributed by atoms with Crippen molar-refractivity contribution in [2.45, 2.75) is 18.9 Å². The van der Waals surface area contributed by atoms with Crippen LogP contribution in [0.25, 0.3) is 0 Å². The molecule has 0 aliphatic carbocycles. The van der Waals surface area contributed by atoms with Crippen molar-refractivity contribution < 1.29 is 22.9 Å². The fraction of sp³-hybridized carbons (Fsp3) is 0.417. The molecule has 1 heterocycles. The van der Waals surface area contributed by atoms with Crippen LogP contribution in [-0.2, 0) is 10.1 Å². The van der Waals surface area contributed by atoms with Gasteiger partial charge in [0.25, 0.3) is 16.0 Å². The Morgan fingerprint density at radius 1 is 1.32 bits per heavy atom. The van der Waals surface area contributed by atoms with Gasteiger partial charge < -0.3 is 10.4 Å². The summed E-state index contributed by atoms with van der Waals surface area (Å²) in [4.78, 5) is 11.5. The largest absolute Gasteiger partial charge is 0.396 e. The zero-order valence-corrected chi connectivity index (χ0v) is 11.4. The van der Waals surface area contributed by atoms with Gasteiger partial charge in [0.2, 0.25) is 0 Å². The van der Waals surface area contributed by atoms with E-state index in [0.29, 0.717) is 6.26 Å². The van der Waals surface area contributed by atoms with Crippen molar-refractivity contribution in [2.75, 3.05) is 12.9 Å². The third-order valence-electron chi connectivity index (χ3n) is 2.54. The first-order valence-corrected chi connectivity index (χ1v) is 7.61. The summed E-state index contributed by atoms with van der Waals surface area (Å²) in [7, 11) is -3.67. The molecule has 0 fully saturated rings. The highest BCUT2D eigenvalue weighted by atomic mass is 32.2. The van der Waals surface area contributed by atoms with Gasteiger partial charge in [0, 0.05) is 12.2 Å². The van der Waals surface area contributed by atoms with E-state index < -0.39 is 10.1 Å². The van der Waals surface area contributed by atoms with Crippen LogP contribution in [0.2, 0.25) is 0 Å². The standard InChI is InChI=1S/C11H13NO2.CH4O3S/c13-7-3-6-10-8-4-1-2-5-9(8)11(14)12-10;1-5(2,3)4/h1-2,4-5,10,13H,3,6-7H2,(H,12,14);1H3,(H,2,3,4). The van der Waals surface area contributed by atoms with Gasteiger partial charge in [0.05, 0.1) is 12.3 Å². The van der Waals surface area contributed by atoms with Crippen LogP contribution in [0.3, 0.4) is 0 Å². The third kappa shape index (κ3) is 5.37. The molecule has 1 aromatic rings. The highest BCUT2D eigenvalue weighted by molar-refractivity contribution is 7.85. The molecule has 0 bridgehead atoms. The van der Waals surface area contributed by atoms with E-state index in [-0.39, 0.29) is 18.6 Å². The van der Waals surface area contributed by atoms with Gasteiger partial charge in [0.1, 0.15) is 0 Å². The molecule has 106 valence electrons. The normalized spacial score (nSPS) is 17.2. The number of nitrogens with one attached hydrogen (secondary N) is 1. The molecule has 7 heteroatoms. The lowest BCUT2D eigenvalue weighted by molar-refractivity contribution is 0.0953. The van der Waals surface area contributed by atoms with E-state index in [1.807, 2.05) is 24.3 Å². The van der Waals surface area contributed by atoms with Crippen molar-refractivity contribution in [3.8, 4) is 0 Å². The minimum Gasteiger partial charge on any atom is -0.396 e. The maximum Gasteiger partial charge on any atom is 0.261 e. The van der Waals surface area contributed by atoms with Crippen LogP contribution in [0.4, 0.5) is 0 Å². The molecule has 19 heavy (non-hydrogen) atoms. The first kappa shape index (κ1) is 15.6. The number of hydrogen-bond donors (Lipinski definition) is 3. The fourth-order valence-electron chi connectivity index (χ4n) is 1.84. The highest BCUT2D eigenvalue weighted by Crippen LogP contribution is 2.27. The number of aliphatic hydroxyl groups is 1. The molecule has 1 amide bonds. The average molecular weight is 287 g/mol. The predicted octanol–water partition coefficient (Wildman–Crippen LogP) is 0.748. The Labute approximate surface area is 112 Å². The first-order valence-electron chi connectivity index (χ1n) is 5.76. The zero-order valence-electron chi connectivity index (χ0n) is 10.5. The Kier molecular flexibility index (Phi) is 5.46. The van der Waals surface area contributed by atoms with Crippen molar-refractivity contribution in [1.29, 1.82) is 0 Å². The van der Waals surface area contributed by atoms with Gasteiger partial charge in [0.15, 0.2) is 0 Å². The Bertz CT molecular complexity index is 533. The molecule has 0 radical (unpaired) electrons. The van der Waals surface area contributed by atoms with Crippen LogP contribution in [0.5, 0.6) is 0 Å². The van der Waals surface area contributed by atoms with Crippen LogP contribution in [0.1, 0.15) is 34.8 Å². The smallest absolute Gasteiger partial charge is 0.261 e. The van der Waals surface area contributed by atoms with E-state index >= 15 is 0 Å². The minimum atomic E-state index is -3.67. The van der Waals surface area contributed by atoms with E-state index in [1.165, 1.54) is 0 Å². The molecule has 0 aromatic heterocycles. The van der Waals surface area contributed by atoms with Crippen LogP contribution >= 0.6 is 0 Å². The van der Waals surface area contributed by atoms with Crippen LogP contribution in [-0.4, -0.2) is 36.8 Å². The summed E-state index contributed by atoms with van der Waals surface area (Å²) in [5.41, 5.74) is 1.83. The van der Waals surface area contributed by atoms with Crippen molar-refractivity contribution in [3.05, 3.63) is 35.4 Å².